The van der Waals surface area contributed by atoms with E-state index in [2.05, 4.69) is 9.97 Å². The first-order valence-electron chi connectivity index (χ1n) is 5.49. The highest BCUT2D eigenvalue weighted by molar-refractivity contribution is 5.92. The Balaban J connectivity index is 2.68. The van der Waals surface area contributed by atoms with E-state index < -0.39 is 0 Å². The molecular weight excluding hydrogens is 220 g/mol. The summed E-state index contributed by atoms with van der Waals surface area (Å²) >= 11 is 0. The second-order valence-corrected chi connectivity index (χ2v) is 3.53. The number of amides is 2. The van der Waals surface area contributed by atoms with Crippen molar-refractivity contribution in [2.45, 2.75) is 26.2 Å². The number of carbonyl (C=O) groups is 2. The molecular formula is C11H16N4O2. The Kier molecular flexibility index (Phi) is 5.06. The fraction of sp³-hybridized carbons (Fsp3) is 0.455. The molecule has 2 N–H and O–H groups in total. The van der Waals surface area contributed by atoms with Crippen molar-refractivity contribution in [3.63, 3.8) is 0 Å². The molecule has 6 nitrogen and oxygen atoms in total. The van der Waals surface area contributed by atoms with E-state index in [0.717, 1.165) is 0 Å². The van der Waals surface area contributed by atoms with Gasteiger partial charge in [-0.2, -0.15) is 0 Å². The number of nitrogens with zero attached hydrogens (tertiary/aromatic N) is 3. The second kappa shape index (κ2) is 6.57. The third kappa shape index (κ3) is 4.18. The summed E-state index contributed by atoms with van der Waals surface area (Å²) in [5.41, 5.74) is 5.06. The monoisotopic (exact) mass is 236 g/mol. The van der Waals surface area contributed by atoms with Crippen LogP contribution in [-0.2, 0) is 9.59 Å². The zero-order valence-corrected chi connectivity index (χ0v) is 9.80. The molecule has 17 heavy (non-hydrogen) atoms. The Morgan fingerprint density at radius 2 is 2.18 bits per heavy atom. The van der Waals surface area contributed by atoms with E-state index in [4.69, 9.17) is 5.73 Å². The Labute approximate surface area is 99.8 Å². The van der Waals surface area contributed by atoms with E-state index in [9.17, 15) is 9.59 Å². The summed E-state index contributed by atoms with van der Waals surface area (Å²) in [6.45, 7) is 2.20. The number of aromatic nitrogens is 2. The summed E-state index contributed by atoms with van der Waals surface area (Å²) in [6.07, 6.45) is 5.76. The van der Waals surface area contributed by atoms with Crippen LogP contribution in [-0.4, -0.2) is 28.3 Å². The van der Waals surface area contributed by atoms with Crippen molar-refractivity contribution in [1.82, 2.24) is 9.97 Å². The van der Waals surface area contributed by atoms with Gasteiger partial charge in [0.1, 0.15) is 0 Å². The number of hydrogen-bond acceptors (Lipinski definition) is 4. The molecule has 1 aromatic heterocycles. The molecule has 0 spiro atoms. The summed E-state index contributed by atoms with van der Waals surface area (Å²) in [7, 11) is 0. The molecule has 1 rings (SSSR count). The Morgan fingerprint density at radius 3 is 2.71 bits per heavy atom. The average Bonchev–Trinajstić information content (AvgIpc) is 2.34. The molecule has 1 aromatic rings. The smallest absolute Gasteiger partial charge is 0.227 e. The molecule has 0 saturated carbocycles. The van der Waals surface area contributed by atoms with Gasteiger partial charge in [0, 0.05) is 31.8 Å². The minimum Gasteiger partial charge on any atom is -0.370 e. The van der Waals surface area contributed by atoms with Crippen LogP contribution in [0.1, 0.15) is 26.2 Å². The van der Waals surface area contributed by atoms with Crippen molar-refractivity contribution in [3.8, 4) is 0 Å². The second-order valence-electron chi connectivity index (χ2n) is 3.53. The highest BCUT2D eigenvalue weighted by atomic mass is 16.2. The van der Waals surface area contributed by atoms with Gasteiger partial charge in [0.25, 0.3) is 0 Å². The molecule has 0 aromatic carbocycles. The molecule has 6 heteroatoms. The highest BCUT2D eigenvalue weighted by Gasteiger charge is 2.14. The maximum absolute atomic E-state index is 11.7. The summed E-state index contributed by atoms with van der Waals surface area (Å²) in [5, 5.41) is 0. The van der Waals surface area contributed by atoms with Gasteiger partial charge >= 0.3 is 0 Å². The van der Waals surface area contributed by atoms with Crippen LogP contribution in [0.5, 0.6) is 0 Å². The van der Waals surface area contributed by atoms with Crippen LogP contribution in [0.25, 0.3) is 0 Å². The molecule has 1 heterocycles. The fourth-order valence-corrected chi connectivity index (χ4v) is 1.40. The Bertz CT molecular complexity index is 380. The van der Waals surface area contributed by atoms with E-state index in [0.29, 0.717) is 25.2 Å². The molecule has 0 fully saturated rings. The van der Waals surface area contributed by atoms with Gasteiger partial charge in [0.2, 0.25) is 11.8 Å². The van der Waals surface area contributed by atoms with Crippen molar-refractivity contribution in [2.24, 2.45) is 5.73 Å². The lowest BCUT2D eigenvalue weighted by Gasteiger charge is -2.20. The van der Waals surface area contributed by atoms with Gasteiger partial charge in [0.15, 0.2) is 5.82 Å². The van der Waals surface area contributed by atoms with Crippen molar-refractivity contribution >= 4 is 17.6 Å². The molecule has 0 saturated heterocycles. The number of carbonyl (C=O) groups excluding carboxylic acids is 2. The maximum Gasteiger partial charge on any atom is 0.227 e. The van der Waals surface area contributed by atoms with Crippen LogP contribution in [0.4, 0.5) is 5.82 Å². The number of anilines is 1. The van der Waals surface area contributed by atoms with E-state index in [1.807, 2.05) is 0 Å². The normalized spacial score (nSPS) is 9.94. The zero-order valence-electron chi connectivity index (χ0n) is 9.80. The van der Waals surface area contributed by atoms with Crippen LogP contribution < -0.4 is 10.6 Å². The number of hydrogen-bond donors (Lipinski definition) is 1. The highest BCUT2D eigenvalue weighted by Crippen LogP contribution is 2.10. The largest absolute Gasteiger partial charge is 0.370 e. The molecule has 0 radical (unpaired) electrons. The molecule has 0 aliphatic rings. The van der Waals surface area contributed by atoms with E-state index in [1.165, 1.54) is 17.3 Å². The predicted octanol–water partition coefficient (Wildman–Crippen LogP) is 0.485. The minimum absolute atomic E-state index is 0.0463. The SMILES string of the molecule is CCC(=O)N(CCCC(N)=O)c1cnccn1. The minimum atomic E-state index is -0.368. The molecule has 92 valence electrons. The third-order valence-electron chi connectivity index (χ3n) is 2.23. The summed E-state index contributed by atoms with van der Waals surface area (Å²) in [5.74, 6) is 0.0897. The van der Waals surface area contributed by atoms with Crippen LogP contribution in [0.3, 0.4) is 0 Å². The predicted molar refractivity (Wildman–Crippen MR) is 63.1 cm³/mol. The lowest BCUT2D eigenvalue weighted by molar-refractivity contribution is -0.119. The average molecular weight is 236 g/mol. The van der Waals surface area contributed by atoms with Crippen molar-refractivity contribution < 1.29 is 9.59 Å². The third-order valence-corrected chi connectivity index (χ3v) is 2.23. The Morgan fingerprint density at radius 1 is 1.41 bits per heavy atom. The van der Waals surface area contributed by atoms with Gasteiger partial charge in [-0.25, -0.2) is 4.98 Å². The van der Waals surface area contributed by atoms with Gasteiger partial charge in [-0.1, -0.05) is 6.92 Å². The van der Waals surface area contributed by atoms with E-state index in [1.54, 1.807) is 13.1 Å². The summed E-state index contributed by atoms with van der Waals surface area (Å²) in [6, 6.07) is 0. The van der Waals surface area contributed by atoms with Gasteiger partial charge < -0.3 is 5.73 Å². The van der Waals surface area contributed by atoms with Gasteiger partial charge in [0.05, 0.1) is 6.20 Å². The number of nitrogens with two attached hydrogens (primary N) is 1. The van der Waals surface area contributed by atoms with E-state index in [-0.39, 0.29) is 18.2 Å². The van der Waals surface area contributed by atoms with Crippen LogP contribution >= 0.6 is 0 Å². The van der Waals surface area contributed by atoms with Crippen LogP contribution in [0, 0.1) is 0 Å². The fourth-order valence-electron chi connectivity index (χ4n) is 1.40. The molecule has 0 unspecified atom stereocenters. The van der Waals surface area contributed by atoms with Crippen LogP contribution in [0.15, 0.2) is 18.6 Å². The summed E-state index contributed by atoms with van der Waals surface area (Å²) in [4.78, 5) is 31.9. The number of primary amides is 1. The lowest BCUT2D eigenvalue weighted by Crippen LogP contribution is -2.32. The zero-order chi connectivity index (χ0) is 12.7. The molecule has 0 aliphatic heterocycles. The van der Waals surface area contributed by atoms with Crippen LogP contribution in [0.2, 0.25) is 0 Å². The standard InChI is InChI=1S/C11H16N4O2/c1-2-11(17)15(7-3-4-9(12)16)10-8-13-5-6-14-10/h5-6,8H,2-4,7H2,1H3,(H2,12,16). The quantitative estimate of drug-likeness (QED) is 0.778. The first-order valence-corrected chi connectivity index (χ1v) is 5.49. The molecule has 0 bridgehead atoms. The van der Waals surface area contributed by atoms with Crippen molar-refractivity contribution in [1.29, 1.82) is 0 Å². The van der Waals surface area contributed by atoms with Crippen molar-refractivity contribution in [3.05, 3.63) is 18.6 Å². The molecule has 0 atom stereocenters. The maximum atomic E-state index is 11.7. The van der Waals surface area contributed by atoms with E-state index >= 15 is 0 Å². The molecule has 2 amide bonds. The first-order chi connectivity index (χ1) is 8.15. The number of rotatable bonds is 6. The topological polar surface area (TPSA) is 89.2 Å². The Hall–Kier alpha value is -1.98. The van der Waals surface area contributed by atoms with Crippen molar-refractivity contribution in [2.75, 3.05) is 11.4 Å². The van der Waals surface area contributed by atoms with Gasteiger partial charge in [-0.3, -0.25) is 19.5 Å². The van der Waals surface area contributed by atoms with Gasteiger partial charge in [-0.15, -0.1) is 0 Å². The molecule has 0 aliphatic carbocycles. The first kappa shape index (κ1) is 13.1. The summed E-state index contributed by atoms with van der Waals surface area (Å²) < 4.78 is 0. The lowest BCUT2D eigenvalue weighted by atomic mass is 10.2. The van der Waals surface area contributed by atoms with Gasteiger partial charge in [-0.05, 0) is 6.42 Å².